The molecule has 18 heavy (non-hydrogen) atoms. The van der Waals surface area contributed by atoms with Gasteiger partial charge in [-0.3, -0.25) is 5.10 Å². The predicted octanol–water partition coefficient (Wildman–Crippen LogP) is 2.99. The number of allylic oxidation sites excluding steroid dienone is 2. The van der Waals surface area contributed by atoms with E-state index in [1.54, 1.807) is 0 Å². The molecule has 0 aromatic carbocycles. The number of aromatic amines is 1. The molecule has 0 spiro atoms. The zero-order valence-electron chi connectivity index (χ0n) is 11.8. The van der Waals surface area contributed by atoms with Gasteiger partial charge in [-0.05, 0) is 58.4 Å². The van der Waals surface area contributed by atoms with Crippen LogP contribution in [0.5, 0.6) is 0 Å². The largest absolute Gasteiger partial charge is 0.311 e. The Morgan fingerprint density at radius 3 is 3.22 bits per heavy atom. The van der Waals surface area contributed by atoms with Crippen LogP contribution in [0.3, 0.4) is 0 Å². The maximum absolute atomic E-state index is 4.13. The van der Waals surface area contributed by atoms with Gasteiger partial charge in [0.2, 0.25) is 0 Å². The summed E-state index contributed by atoms with van der Waals surface area (Å²) in [6.07, 6.45) is 10.2. The third-order valence-electron chi connectivity index (χ3n) is 3.69. The van der Waals surface area contributed by atoms with E-state index in [0.717, 1.165) is 12.8 Å². The molecular formula is C15H25N3. The number of aryl methyl sites for hydroxylation is 1. The minimum Gasteiger partial charge on any atom is -0.311 e. The van der Waals surface area contributed by atoms with Crippen LogP contribution in [0.1, 0.15) is 51.3 Å². The summed E-state index contributed by atoms with van der Waals surface area (Å²) in [5.41, 5.74) is 4.16. The molecule has 1 aromatic heterocycles. The topological polar surface area (TPSA) is 40.7 Å². The van der Waals surface area contributed by atoms with E-state index in [-0.39, 0.29) is 0 Å². The molecule has 0 aliphatic heterocycles. The highest BCUT2D eigenvalue weighted by Gasteiger charge is 2.20. The molecule has 1 aliphatic carbocycles. The van der Waals surface area contributed by atoms with Gasteiger partial charge in [-0.15, -0.1) is 0 Å². The Bertz CT molecular complexity index is 402. The van der Waals surface area contributed by atoms with E-state index in [1.807, 2.05) is 6.20 Å². The lowest BCUT2D eigenvalue weighted by atomic mass is 9.93. The summed E-state index contributed by atoms with van der Waals surface area (Å²) in [5.74, 6) is 0. The Labute approximate surface area is 110 Å². The molecule has 0 saturated heterocycles. The molecular weight excluding hydrogens is 222 g/mol. The van der Waals surface area contributed by atoms with Crippen LogP contribution in [0.4, 0.5) is 0 Å². The van der Waals surface area contributed by atoms with E-state index in [4.69, 9.17) is 0 Å². The standard InChI is InChI=1S/C15H25N3/c1-11(2)5-4-6-12(3)17-14-7-8-15-13(9-14)10-16-18-15/h5,10,12,14,17H,4,6-9H2,1-3H3,(H,16,18)/t12-,14+/m1/s1. The molecule has 2 atom stereocenters. The van der Waals surface area contributed by atoms with Gasteiger partial charge in [-0.1, -0.05) is 11.6 Å². The molecule has 3 nitrogen and oxygen atoms in total. The van der Waals surface area contributed by atoms with Crippen molar-refractivity contribution in [1.82, 2.24) is 15.5 Å². The predicted molar refractivity (Wildman–Crippen MR) is 75.7 cm³/mol. The number of hydrogen-bond acceptors (Lipinski definition) is 2. The molecule has 0 radical (unpaired) electrons. The summed E-state index contributed by atoms with van der Waals surface area (Å²) in [5, 5.41) is 11.0. The highest BCUT2D eigenvalue weighted by atomic mass is 15.1. The van der Waals surface area contributed by atoms with Crippen LogP contribution >= 0.6 is 0 Å². The van der Waals surface area contributed by atoms with Gasteiger partial charge < -0.3 is 5.32 Å². The van der Waals surface area contributed by atoms with Crippen molar-refractivity contribution in [3.63, 3.8) is 0 Å². The molecule has 0 fully saturated rings. The Kier molecular flexibility index (Phi) is 4.59. The summed E-state index contributed by atoms with van der Waals surface area (Å²) < 4.78 is 0. The number of hydrogen-bond donors (Lipinski definition) is 2. The molecule has 0 amide bonds. The van der Waals surface area contributed by atoms with Crippen molar-refractivity contribution in [2.45, 2.75) is 65.0 Å². The zero-order valence-corrected chi connectivity index (χ0v) is 11.8. The third-order valence-corrected chi connectivity index (χ3v) is 3.69. The van der Waals surface area contributed by atoms with Crippen molar-refractivity contribution in [2.24, 2.45) is 0 Å². The van der Waals surface area contributed by atoms with E-state index in [2.05, 4.69) is 42.4 Å². The number of nitrogens with one attached hydrogen (secondary N) is 2. The van der Waals surface area contributed by atoms with Gasteiger partial charge in [0.25, 0.3) is 0 Å². The number of H-pyrrole nitrogens is 1. The average Bonchev–Trinajstić information content (AvgIpc) is 2.75. The summed E-state index contributed by atoms with van der Waals surface area (Å²) >= 11 is 0. The summed E-state index contributed by atoms with van der Waals surface area (Å²) in [6.45, 7) is 6.63. The maximum atomic E-state index is 4.13. The monoisotopic (exact) mass is 247 g/mol. The first kappa shape index (κ1) is 13.3. The van der Waals surface area contributed by atoms with Crippen molar-refractivity contribution in [3.05, 3.63) is 29.1 Å². The SMILES string of the molecule is CC(C)=CCC[C@@H](C)N[C@H]1CCc2[nH]ncc2C1. The Morgan fingerprint density at radius 1 is 1.61 bits per heavy atom. The quantitative estimate of drug-likeness (QED) is 0.785. The smallest absolute Gasteiger partial charge is 0.0522 e. The van der Waals surface area contributed by atoms with Gasteiger partial charge in [0.1, 0.15) is 0 Å². The lowest BCUT2D eigenvalue weighted by Crippen LogP contribution is -2.40. The highest BCUT2D eigenvalue weighted by Crippen LogP contribution is 2.19. The van der Waals surface area contributed by atoms with Crippen molar-refractivity contribution in [3.8, 4) is 0 Å². The van der Waals surface area contributed by atoms with Crippen LogP contribution in [-0.2, 0) is 12.8 Å². The first-order valence-corrected chi connectivity index (χ1v) is 7.05. The minimum absolute atomic E-state index is 0.596. The Morgan fingerprint density at radius 2 is 2.44 bits per heavy atom. The second-order valence-corrected chi connectivity index (χ2v) is 5.74. The maximum Gasteiger partial charge on any atom is 0.0522 e. The molecule has 1 heterocycles. The van der Waals surface area contributed by atoms with E-state index in [0.29, 0.717) is 12.1 Å². The lowest BCUT2D eigenvalue weighted by Gasteiger charge is -2.26. The molecule has 3 heteroatoms. The minimum atomic E-state index is 0.596. The van der Waals surface area contributed by atoms with E-state index in [1.165, 1.54) is 36.1 Å². The average molecular weight is 247 g/mol. The van der Waals surface area contributed by atoms with Crippen molar-refractivity contribution < 1.29 is 0 Å². The fourth-order valence-electron chi connectivity index (χ4n) is 2.67. The molecule has 1 aromatic rings. The molecule has 0 unspecified atom stereocenters. The summed E-state index contributed by atoms with van der Waals surface area (Å²) in [7, 11) is 0. The summed E-state index contributed by atoms with van der Waals surface area (Å²) in [4.78, 5) is 0. The Hall–Kier alpha value is -1.09. The normalized spacial score (nSPS) is 20.3. The van der Waals surface area contributed by atoms with Gasteiger partial charge in [0.05, 0.1) is 6.20 Å². The van der Waals surface area contributed by atoms with Crippen LogP contribution < -0.4 is 5.32 Å². The number of aromatic nitrogens is 2. The van der Waals surface area contributed by atoms with Crippen LogP contribution in [-0.4, -0.2) is 22.3 Å². The molecule has 2 rings (SSSR count). The second kappa shape index (κ2) is 6.19. The zero-order chi connectivity index (χ0) is 13.0. The van der Waals surface area contributed by atoms with Crippen molar-refractivity contribution in [2.75, 3.05) is 0 Å². The van der Waals surface area contributed by atoms with E-state index < -0.39 is 0 Å². The van der Waals surface area contributed by atoms with E-state index >= 15 is 0 Å². The molecule has 0 saturated carbocycles. The third kappa shape index (κ3) is 3.70. The van der Waals surface area contributed by atoms with Crippen LogP contribution in [0.25, 0.3) is 0 Å². The van der Waals surface area contributed by atoms with Gasteiger partial charge in [0.15, 0.2) is 0 Å². The van der Waals surface area contributed by atoms with E-state index in [9.17, 15) is 0 Å². The van der Waals surface area contributed by atoms with Gasteiger partial charge >= 0.3 is 0 Å². The molecule has 2 N–H and O–H groups in total. The first-order valence-electron chi connectivity index (χ1n) is 7.05. The second-order valence-electron chi connectivity index (χ2n) is 5.74. The van der Waals surface area contributed by atoms with Crippen LogP contribution in [0, 0.1) is 0 Å². The molecule has 0 bridgehead atoms. The fourth-order valence-corrected chi connectivity index (χ4v) is 2.67. The first-order chi connectivity index (χ1) is 8.65. The lowest BCUT2D eigenvalue weighted by molar-refractivity contribution is 0.394. The van der Waals surface area contributed by atoms with Crippen molar-refractivity contribution >= 4 is 0 Å². The van der Waals surface area contributed by atoms with Gasteiger partial charge in [-0.25, -0.2) is 0 Å². The highest BCUT2D eigenvalue weighted by molar-refractivity contribution is 5.21. The van der Waals surface area contributed by atoms with Gasteiger partial charge in [-0.2, -0.15) is 5.10 Å². The van der Waals surface area contributed by atoms with Crippen LogP contribution in [0.15, 0.2) is 17.8 Å². The van der Waals surface area contributed by atoms with Crippen molar-refractivity contribution in [1.29, 1.82) is 0 Å². The number of rotatable bonds is 5. The number of nitrogens with zero attached hydrogens (tertiary/aromatic N) is 1. The molecule has 1 aliphatic rings. The summed E-state index contributed by atoms with van der Waals surface area (Å²) in [6, 6.07) is 1.22. The Balaban J connectivity index is 1.76. The fraction of sp³-hybridized carbons (Fsp3) is 0.667. The van der Waals surface area contributed by atoms with Gasteiger partial charge in [0, 0.05) is 17.8 Å². The molecule has 100 valence electrons. The van der Waals surface area contributed by atoms with Crippen LogP contribution in [0.2, 0.25) is 0 Å². The number of fused-ring (bicyclic) bond motifs is 1.